The van der Waals surface area contributed by atoms with E-state index in [2.05, 4.69) is 13.8 Å². The van der Waals surface area contributed by atoms with Gasteiger partial charge in [0.2, 0.25) is 0 Å². The largest absolute Gasteiger partial charge is 0.481 e. The molecule has 0 aliphatic heterocycles. The number of rotatable bonds is 4. The molecule has 0 heterocycles. The van der Waals surface area contributed by atoms with E-state index < -0.39 is 11.9 Å². The van der Waals surface area contributed by atoms with Crippen LogP contribution in [0, 0.1) is 11.8 Å². The summed E-state index contributed by atoms with van der Waals surface area (Å²) in [5.74, 6) is 0.618. The van der Waals surface area contributed by atoms with Crippen LogP contribution in [-0.2, 0) is 9.59 Å². The van der Waals surface area contributed by atoms with E-state index >= 15 is 0 Å². The standard InChI is InChI=1S/C8H16.2C4H8O2/c1-7-3-5-8(2)6-4-7;2*1-2-3-4(5)6/h7-8H,3-6H2,1-2H3;2*2-3H2,1H3,(H,5,6). The van der Waals surface area contributed by atoms with E-state index in [-0.39, 0.29) is 0 Å². The van der Waals surface area contributed by atoms with Crippen LogP contribution in [0.15, 0.2) is 0 Å². The molecule has 0 aromatic rings. The van der Waals surface area contributed by atoms with E-state index in [0.717, 1.165) is 24.7 Å². The molecule has 120 valence electrons. The fourth-order valence-electron chi connectivity index (χ4n) is 1.85. The van der Waals surface area contributed by atoms with Crippen molar-refractivity contribution in [1.82, 2.24) is 0 Å². The first-order valence-corrected chi connectivity index (χ1v) is 7.76. The normalized spacial score (nSPS) is 20.8. The molecule has 0 spiro atoms. The van der Waals surface area contributed by atoms with Crippen LogP contribution in [0.1, 0.15) is 79.1 Å². The predicted molar refractivity (Wildman–Crippen MR) is 81.9 cm³/mol. The van der Waals surface area contributed by atoms with Crippen molar-refractivity contribution in [3.8, 4) is 0 Å². The predicted octanol–water partition coefficient (Wildman–Crippen LogP) is 4.57. The van der Waals surface area contributed by atoms with Crippen LogP contribution in [0.2, 0.25) is 0 Å². The average Bonchev–Trinajstić information content (AvgIpc) is 2.34. The van der Waals surface area contributed by atoms with Crippen LogP contribution in [0.25, 0.3) is 0 Å². The van der Waals surface area contributed by atoms with E-state index in [1.165, 1.54) is 25.7 Å². The van der Waals surface area contributed by atoms with Crippen molar-refractivity contribution in [2.75, 3.05) is 0 Å². The highest BCUT2D eigenvalue weighted by Crippen LogP contribution is 2.27. The molecular formula is C16H32O4. The van der Waals surface area contributed by atoms with Gasteiger partial charge in [0.25, 0.3) is 0 Å². The third kappa shape index (κ3) is 19.3. The molecule has 0 atom stereocenters. The monoisotopic (exact) mass is 288 g/mol. The number of hydrogen-bond donors (Lipinski definition) is 2. The molecule has 1 fully saturated rings. The highest BCUT2D eigenvalue weighted by Gasteiger charge is 2.13. The fourth-order valence-corrected chi connectivity index (χ4v) is 1.85. The Balaban J connectivity index is 0. The molecule has 0 saturated heterocycles. The van der Waals surface area contributed by atoms with Gasteiger partial charge in [-0.15, -0.1) is 0 Å². The maximum atomic E-state index is 9.60. The maximum Gasteiger partial charge on any atom is 0.303 e. The minimum atomic E-state index is -0.711. The van der Waals surface area contributed by atoms with Crippen molar-refractivity contribution in [3.63, 3.8) is 0 Å². The lowest BCUT2D eigenvalue weighted by Gasteiger charge is -2.22. The summed E-state index contributed by atoms with van der Waals surface area (Å²) in [5.41, 5.74) is 0. The molecule has 1 saturated carbocycles. The SMILES string of the molecule is CC1CCC(C)CC1.CCCC(=O)O.CCCC(=O)O. The third-order valence-electron chi connectivity index (χ3n) is 3.23. The Labute approximate surface area is 123 Å². The van der Waals surface area contributed by atoms with Crippen LogP contribution in [0.3, 0.4) is 0 Å². The third-order valence-corrected chi connectivity index (χ3v) is 3.23. The van der Waals surface area contributed by atoms with Gasteiger partial charge < -0.3 is 10.2 Å². The summed E-state index contributed by atoms with van der Waals surface area (Å²) in [5, 5.41) is 15.8. The summed E-state index contributed by atoms with van der Waals surface area (Å²) in [6.45, 7) is 8.42. The van der Waals surface area contributed by atoms with Crippen LogP contribution >= 0.6 is 0 Å². The molecule has 1 rings (SSSR count). The second-order valence-corrected chi connectivity index (χ2v) is 5.65. The topological polar surface area (TPSA) is 74.6 Å². The van der Waals surface area contributed by atoms with Crippen molar-refractivity contribution >= 4 is 11.9 Å². The molecule has 0 aromatic heterocycles. The minimum Gasteiger partial charge on any atom is -0.481 e. The summed E-state index contributed by atoms with van der Waals surface area (Å²) < 4.78 is 0. The molecule has 0 aromatic carbocycles. The van der Waals surface area contributed by atoms with Crippen LogP contribution < -0.4 is 0 Å². The summed E-state index contributed by atoms with van der Waals surface area (Å²) in [6.07, 6.45) is 7.94. The first kappa shape index (κ1) is 21.2. The zero-order valence-corrected chi connectivity index (χ0v) is 13.5. The minimum absolute atomic E-state index is 0.292. The van der Waals surface area contributed by atoms with Crippen molar-refractivity contribution in [2.45, 2.75) is 79.1 Å². The van der Waals surface area contributed by atoms with Crippen molar-refractivity contribution in [2.24, 2.45) is 11.8 Å². The highest BCUT2D eigenvalue weighted by atomic mass is 16.4. The molecular weight excluding hydrogens is 256 g/mol. The highest BCUT2D eigenvalue weighted by molar-refractivity contribution is 5.66. The van der Waals surface area contributed by atoms with Gasteiger partial charge in [-0.3, -0.25) is 9.59 Å². The Kier molecular flexibility index (Phi) is 15.2. The van der Waals surface area contributed by atoms with Gasteiger partial charge in [0, 0.05) is 12.8 Å². The molecule has 4 heteroatoms. The van der Waals surface area contributed by atoms with Gasteiger partial charge in [-0.05, 0) is 24.7 Å². The molecule has 1 aliphatic rings. The molecule has 2 N–H and O–H groups in total. The fraction of sp³-hybridized carbons (Fsp3) is 0.875. The van der Waals surface area contributed by atoms with E-state index in [1.807, 2.05) is 13.8 Å². The smallest absolute Gasteiger partial charge is 0.303 e. The average molecular weight is 288 g/mol. The van der Waals surface area contributed by atoms with Gasteiger partial charge in [-0.25, -0.2) is 0 Å². The summed E-state index contributed by atoms with van der Waals surface area (Å²) in [6, 6.07) is 0. The lowest BCUT2D eigenvalue weighted by molar-refractivity contribution is -0.138. The van der Waals surface area contributed by atoms with Crippen molar-refractivity contribution < 1.29 is 19.8 Å². The molecule has 4 nitrogen and oxygen atoms in total. The molecule has 0 radical (unpaired) electrons. The lowest BCUT2D eigenvalue weighted by atomic mass is 9.84. The van der Waals surface area contributed by atoms with E-state index in [4.69, 9.17) is 10.2 Å². The summed E-state index contributed by atoms with van der Waals surface area (Å²) >= 11 is 0. The second kappa shape index (κ2) is 14.4. The van der Waals surface area contributed by atoms with E-state index in [9.17, 15) is 9.59 Å². The van der Waals surface area contributed by atoms with Gasteiger partial charge in [0.05, 0.1) is 0 Å². The van der Waals surface area contributed by atoms with Crippen molar-refractivity contribution in [1.29, 1.82) is 0 Å². The Morgan fingerprint density at radius 1 is 0.800 bits per heavy atom. The first-order valence-electron chi connectivity index (χ1n) is 7.76. The van der Waals surface area contributed by atoms with E-state index in [1.54, 1.807) is 0 Å². The van der Waals surface area contributed by atoms with Gasteiger partial charge in [0.1, 0.15) is 0 Å². The number of aliphatic carboxylic acids is 2. The summed E-state index contributed by atoms with van der Waals surface area (Å²) in [7, 11) is 0. The van der Waals surface area contributed by atoms with Crippen molar-refractivity contribution in [3.05, 3.63) is 0 Å². The molecule has 0 amide bonds. The Morgan fingerprint density at radius 2 is 1.05 bits per heavy atom. The molecule has 0 unspecified atom stereocenters. The lowest BCUT2D eigenvalue weighted by Crippen LogP contribution is -2.08. The number of carboxylic acids is 2. The number of hydrogen-bond acceptors (Lipinski definition) is 2. The van der Waals surface area contributed by atoms with Gasteiger partial charge in [0.15, 0.2) is 0 Å². The molecule has 20 heavy (non-hydrogen) atoms. The van der Waals surface area contributed by atoms with Crippen LogP contribution in [0.4, 0.5) is 0 Å². The van der Waals surface area contributed by atoms with Crippen LogP contribution in [-0.4, -0.2) is 22.2 Å². The molecule has 1 aliphatic carbocycles. The quantitative estimate of drug-likeness (QED) is 0.794. The second-order valence-electron chi connectivity index (χ2n) is 5.65. The summed E-state index contributed by atoms with van der Waals surface area (Å²) in [4.78, 5) is 19.2. The Bertz CT molecular complexity index is 217. The number of carboxylic acid groups (broad SMARTS) is 2. The zero-order valence-electron chi connectivity index (χ0n) is 13.5. The first-order chi connectivity index (χ1) is 9.33. The van der Waals surface area contributed by atoms with Gasteiger partial charge in [-0.1, -0.05) is 53.4 Å². The van der Waals surface area contributed by atoms with Crippen LogP contribution in [0.5, 0.6) is 0 Å². The van der Waals surface area contributed by atoms with E-state index in [0.29, 0.717) is 12.8 Å². The maximum absolute atomic E-state index is 9.60. The van der Waals surface area contributed by atoms with Gasteiger partial charge in [-0.2, -0.15) is 0 Å². The number of carbonyl (C=O) groups is 2. The molecule has 0 bridgehead atoms. The zero-order chi connectivity index (χ0) is 16.0. The Morgan fingerprint density at radius 3 is 1.15 bits per heavy atom. The Hall–Kier alpha value is -1.06. The van der Waals surface area contributed by atoms with Gasteiger partial charge >= 0.3 is 11.9 Å².